The van der Waals surface area contributed by atoms with E-state index in [0.29, 0.717) is 11.9 Å². The average Bonchev–Trinajstić information content (AvgIpc) is 2.56. The van der Waals surface area contributed by atoms with Crippen LogP contribution in [0.3, 0.4) is 0 Å². The zero-order chi connectivity index (χ0) is 15.4. The maximum absolute atomic E-state index is 4.72. The van der Waals surface area contributed by atoms with Crippen LogP contribution in [0.1, 0.15) is 6.92 Å². The summed E-state index contributed by atoms with van der Waals surface area (Å²) in [5.41, 5.74) is 1.86. The van der Waals surface area contributed by atoms with Gasteiger partial charge in [-0.1, -0.05) is 12.1 Å². The second-order valence-electron chi connectivity index (χ2n) is 5.16. The van der Waals surface area contributed by atoms with Crippen LogP contribution in [-0.4, -0.2) is 33.0 Å². The molecule has 0 bridgehead atoms. The van der Waals surface area contributed by atoms with Crippen LogP contribution in [0.25, 0.3) is 22.3 Å². The first-order valence-electron chi connectivity index (χ1n) is 7.20. The summed E-state index contributed by atoms with van der Waals surface area (Å²) in [4.78, 5) is 13.5. The smallest absolute Gasteiger partial charge is 0.163 e. The molecule has 4 nitrogen and oxygen atoms in total. The van der Waals surface area contributed by atoms with E-state index in [1.807, 2.05) is 42.1 Å². The van der Waals surface area contributed by atoms with Crippen molar-refractivity contribution in [3.05, 3.63) is 48.8 Å². The van der Waals surface area contributed by atoms with E-state index in [1.165, 1.54) is 0 Å². The SMILES string of the molecule is CSCC(C)Nc1nc(-c2cccnc2)nc2ccccc12. The summed E-state index contributed by atoms with van der Waals surface area (Å²) in [6.07, 6.45) is 5.65. The fraction of sp³-hybridized carbons (Fsp3) is 0.235. The number of rotatable bonds is 5. The van der Waals surface area contributed by atoms with Crippen molar-refractivity contribution in [3.8, 4) is 11.4 Å². The Morgan fingerprint density at radius 1 is 1.14 bits per heavy atom. The molecular weight excluding hydrogens is 292 g/mol. The van der Waals surface area contributed by atoms with Crippen molar-refractivity contribution in [2.45, 2.75) is 13.0 Å². The number of hydrogen-bond donors (Lipinski definition) is 1. The van der Waals surface area contributed by atoms with Crippen LogP contribution in [-0.2, 0) is 0 Å². The minimum absolute atomic E-state index is 0.343. The molecule has 0 fully saturated rings. The molecule has 3 aromatic rings. The van der Waals surface area contributed by atoms with Gasteiger partial charge in [0.2, 0.25) is 0 Å². The predicted octanol–water partition coefficient (Wildman–Crippen LogP) is 3.86. The normalized spacial score (nSPS) is 12.3. The van der Waals surface area contributed by atoms with Gasteiger partial charge >= 0.3 is 0 Å². The Kier molecular flexibility index (Phi) is 4.53. The van der Waals surface area contributed by atoms with Crippen LogP contribution in [0.15, 0.2) is 48.8 Å². The fourth-order valence-electron chi connectivity index (χ4n) is 2.34. The van der Waals surface area contributed by atoms with E-state index < -0.39 is 0 Å². The predicted molar refractivity (Wildman–Crippen MR) is 94.2 cm³/mol. The second kappa shape index (κ2) is 6.75. The van der Waals surface area contributed by atoms with Crippen LogP contribution in [0, 0.1) is 0 Å². The van der Waals surface area contributed by atoms with Crippen LogP contribution in [0.4, 0.5) is 5.82 Å². The molecule has 0 spiro atoms. The lowest BCUT2D eigenvalue weighted by Gasteiger charge is -2.15. The number of nitrogens with zero attached hydrogens (tertiary/aromatic N) is 3. The van der Waals surface area contributed by atoms with Crippen molar-refractivity contribution in [3.63, 3.8) is 0 Å². The molecule has 5 heteroatoms. The van der Waals surface area contributed by atoms with Crippen LogP contribution in [0.5, 0.6) is 0 Å². The summed E-state index contributed by atoms with van der Waals surface area (Å²) in [7, 11) is 0. The molecule has 0 aliphatic carbocycles. The molecule has 0 radical (unpaired) electrons. The Morgan fingerprint density at radius 3 is 2.77 bits per heavy atom. The quantitative estimate of drug-likeness (QED) is 0.775. The lowest BCUT2D eigenvalue weighted by Crippen LogP contribution is -2.19. The first-order chi connectivity index (χ1) is 10.8. The Labute approximate surface area is 134 Å². The van der Waals surface area contributed by atoms with E-state index in [2.05, 4.69) is 34.5 Å². The van der Waals surface area contributed by atoms with Gasteiger partial charge in [-0.2, -0.15) is 11.8 Å². The van der Waals surface area contributed by atoms with E-state index in [4.69, 9.17) is 4.98 Å². The largest absolute Gasteiger partial charge is 0.366 e. The lowest BCUT2D eigenvalue weighted by molar-refractivity contribution is 0.905. The molecule has 0 amide bonds. The van der Waals surface area contributed by atoms with Gasteiger partial charge in [-0.25, -0.2) is 9.97 Å². The Hall–Kier alpha value is -2.14. The van der Waals surface area contributed by atoms with E-state index >= 15 is 0 Å². The maximum atomic E-state index is 4.72. The lowest BCUT2D eigenvalue weighted by atomic mass is 10.2. The molecule has 1 unspecified atom stereocenters. The van der Waals surface area contributed by atoms with Gasteiger partial charge in [-0.05, 0) is 37.4 Å². The van der Waals surface area contributed by atoms with Crippen molar-refractivity contribution in [1.82, 2.24) is 15.0 Å². The van der Waals surface area contributed by atoms with Crippen molar-refractivity contribution < 1.29 is 0 Å². The van der Waals surface area contributed by atoms with Crippen molar-refractivity contribution in [2.24, 2.45) is 0 Å². The van der Waals surface area contributed by atoms with Crippen molar-refractivity contribution in [2.75, 3.05) is 17.3 Å². The standard InChI is InChI=1S/C17H18N4S/c1-12(11-22-2)19-17-14-7-3-4-8-15(14)20-16(21-17)13-6-5-9-18-10-13/h3-10,12H,11H2,1-2H3,(H,19,20,21). The molecular formula is C17H18N4S. The summed E-state index contributed by atoms with van der Waals surface area (Å²) in [5, 5.41) is 4.55. The van der Waals surface area contributed by atoms with Crippen LogP contribution >= 0.6 is 11.8 Å². The Bertz CT molecular complexity index is 761. The topological polar surface area (TPSA) is 50.7 Å². The molecule has 2 heterocycles. The fourth-order valence-corrected chi connectivity index (χ4v) is 2.92. The molecule has 1 aromatic carbocycles. The summed E-state index contributed by atoms with van der Waals surface area (Å²) in [5.74, 6) is 2.61. The molecule has 0 saturated carbocycles. The van der Waals surface area contributed by atoms with Gasteiger partial charge in [0.05, 0.1) is 5.52 Å². The Morgan fingerprint density at radius 2 is 2.00 bits per heavy atom. The maximum Gasteiger partial charge on any atom is 0.163 e. The Balaban J connectivity index is 2.08. The van der Waals surface area contributed by atoms with Crippen molar-refractivity contribution in [1.29, 1.82) is 0 Å². The monoisotopic (exact) mass is 310 g/mol. The molecule has 3 rings (SSSR count). The third kappa shape index (κ3) is 3.20. The molecule has 0 aliphatic heterocycles. The summed E-state index contributed by atoms with van der Waals surface area (Å²) in [6.45, 7) is 2.16. The van der Waals surface area contributed by atoms with Gasteiger partial charge in [-0.3, -0.25) is 4.98 Å². The van der Waals surface area contributed by atoms with Gasteiger partial charge in [0.15, 0.2) is 5.82 Å². The van der Waals surface area contributed by atoms with E-state index in [0.717, 1.165) is 28.0 Å². The van der Waals surface area contributed by atoms with Crippen molar-refractivity contribution >= 4 is 28.5 Å². The van der Waals surface area contributed by atoms with Gasteiger partial charge in [0.1, 0.15) is 5.82 Å². The zero-order valence-electron chi connectivity index (χ0n) is 12.7. The van der Waals surface area contributed by atoms with E-state index in [1.54, 1.807) is 12.4 Å². The third-order valence-corrected chi connectivity index (χ3v) is 4.16. The molecule has 1 N–H and O–H groups in total. The number of hydrogen-bond acceptors (Lipinski definition) is 5. The number of anilines is 1. The van der Waals surface area contributed by atoms with Crippen LogP contribution < -0.4 is 5.32 Å². The van der Waals surface area contributed by atoms with Gasteiger partial charge in [-0.15, -0.1) is 0 Å². The van der Waals surface area contributed by atoms with Gasteiger partial charge in [0.25, 0.3) is 0 Å². The molecule has 0 aliphatic rings. The number of pyridine rings is 1. The summed E-state index contributed by atoms with van der Waals surface area (Å²) < 4.78 is 0. The minimum Gasteiger partial charge on any atom is -0.366 e. The number of benzene rings is 1. The van der Waals surface area contributed by atoms with Crippen LogP contribution in [0.2, 0.25) is 0 Å². The van der Waals surface area contributed by atoms with Gasteiger partial charge < -0.3 is 5.32 Å². The molecule has 1 atom stereocenters. The highest BCUT2D eigenvalue weighted by atomic mass is 32.2. The summed E-state index contributed by atoms with van der Waals surface area (Å²) >= 11 is 1.82. The third-order valence-electron chi connectivity index (χ3n) is 3.32. The van der Waals surface area contributed by atoms with E-state index in [-0.39, 0.29) is 0 Å². The number of thioether (sulfide) groups is 1. The van der Waals surface area contributed by atoms with Gasteiger partial charge in [0, 0.05) is 35.1 Å². The average molecular weight is 310 g/mol. The second-order valence-corrected chi connectivity index (χ2v) is 6.07. The highest BCUT2D eigenvalue weighted by Gasteiger charge is 2.11. The number of para-hydroxylation sites is 1. The first-order valence-corrected chi connectivity index (χ1v) is 8.60. The molecule has 22 heavy (non-hydrogen) atoms. The molecule has 2 aromatic heterocycles. The number of fused-ring (bicyclic) bond motifs is 1. The number of aromatic nitrogens is 3. The summed E-state index contributed by atoms with van der Waals surface area (Å²) in [6, 6.07) is 12.3. The minimum atomic E-state index is 0.343. The highest BCUT2D eigenvalue weighted by Crippen LogP contribution is 2.25. The molecule has 112 valence electrons. The molecule has 0 saturated heterocycles. The number of nitrogens with one attached hydrogen (secondary N) is 1. The zero-order valence-corrected chi connectivity index (χ0v) is 13.5. The first kappa shape index (κ1) is 14.8. The van der Waals surface area contributed by atoms with E-state index in [9.17, 15) is 0 Å². The highest BCUT2D eigenvalue weighted by molar-refractivity contribution is 7.98.